The van der Waals surface area contributed by atoms with Crippen LogP contribution in [0, 0.1) is 17.3 Å². The first-order valence-corrected chi connectivity index (χ1v) is 14.0. The number of nitrogens with zero attached hydrogens (tertiary/aromatic N) is 1. The molecule has 0 unspecified atom stereocenters. The van der Waals surface area contributed by atoms with Crippen LogP contribution in [0.1, 0.15) is 61.1 Å². The van der Waals surface area contributed by atoms with Gasteiger partial charge in [-0.1, -0.05) is 41.1 Å². The summed E-state index contributed by atoms with van der Waals surface area (Å²) in [5, 5.41) is 21.4. The number of rotatable bonds is 6. The molecule has 0 bridgehead atoms. The van der Waals surface area contributed by atoms with Crippen molar-refractivity contribution >= 4 is 21.8 Å². The van der Waals surface area contributed by atoms with Crippen LogP contribution in [0.3, 0.4) is 0 Å². The van der Waals surface area contributed by atoms with Crippen LogP contribution in [-0.2, 0) is 11.2 Å². The molecule has 5 rings (SSSR count). The maximum absolute atomic E-state index is 11.7. The second kappa shape index (κ2) is 9.78. The standard InChI is InChI=1S/C29H36BrNO4/c1-29-16-24(18-3-7-21(8-4-18)35-14-13-31(2)27(34)17-30)28-22-10-6-20(32)15-19(22)5-9-23(28)25(29)11-12-26(29)33/h3-4,6-8,10,15,23-26,28,32-33H,5,9,11-14,16-17H2,1-2H3/t23-,24+,25-,26-,28+,29-/m0/s1. The maximum atomic E-state index is 11.7. The monoisotopic (exact) mass is 541 g/mol. The van der Waals surface area contributed by atoms with Crippen LogP contribution in [0.4, 0.5) is 0 Å². The Kier molecular flexibility index (Phi) is 6.88. The van der Waals surface area contributed by atoms with Gasteiger partial charge in [-0.25, -0.2) is 0 Å². The molecule has 0 heterocycles. The first kappa shape index (κ1) is 24.6. The average Bonchev–Trinajstić information content (AvgIpc) is 3.17. The molecule has 188 valence electrons. The number of benzene rings is 2. The van der Waals surface area contributed by atoms with E-state index in [9.17, 15) is 15.0 Å². The van der Waals surface area contributed by atoms with Crippen LogP contribution in [0.15, 0.2) is 42.5 Å². The van der Waals surface area contributed by atoms with Gasteiger partial charge in [-0.05, 0) is 102 Å². The Balaban J connectivity index is 1.40. The fourth-order valence-electron chi connectivity index (χ4n) is 7.33. The molecule has 2 aromatic rings. The molecule has 35 heavy (non-hydrogen) atoms. The van der Waals surface area contributed by atoms with Gasteiger partial charge in [0.1, 0.15) is 18.1 Å². The molecule has 2 N–H and O–H groups in total. The van der Waals surface area contributed by atoms with Gasteiger partial charge in [0.25, 0.3) is 0 Å². The summed E-state index contributed by atoms with van der Waals surface area (Å²) in [5.74, 6) is 3.00. The predicted octanol–water partition coefficient (Wildman–Crippen LogP) is 5.24. The number of phenols is 1. The van der Waals surface area contributed by atoms with Gasteiger partial charge in [-0.3, -0.25) is 4.79 Å². The highest BCUT2D eigenvalue weighted by atomic mass is 79.9. The van der Waals surface area contributed by atoms with E-state index in [0.717, 1.165) is 37.9 Å². The van der Waals surface area contributed by atoms with Crippen molar-refractivity contribution in [3.63, 3.8) is 0 Å². The number of alkyl halides is 1. The third-order valence-corrected chi connectivity index (χ3v) is 9.69. The highest BCUT2D eigenvalue weighted by Crippen LogP contribution is 2.65. The largest absolute Gasteiger partial charge is 0.508 e. The van der Waals surface area contributed by atoms with Gasteiger partial charge < -0.3 is 19.8 Å². The van der Waals surface area contributed by atoms with Crippen molar-refractivity contribution in [3.05, 3.63) is 59.2 Å². The van der Waals surface area contributed by atoms with Gasteiger partial charge >= 0.3 is 0 Å². The van der Waals surface area contributed by atoms with Crippen LogP contribution in [-0.4, -0.2) is 52.7 Å². The number of carbonyl (C=O) groups is 1. The lowest BCUT2D eigenvalue weighted by molar-refractivity contribution is -0.127. The molecule has 5 nitrogen and oxygen atoms in total. The van der Waals surface area contributed by atoms with E-state index < -0.39 is 0 Å². The van der Waals surface area contributed by atoms with Crippen molar-refractivity contribution in [1.29, 1.82) is 0 Å². The quantitative estimate of drug-likeness (QED) is 0.491. The van der Waals surface area contributed by atoms with Crippen molar-refractivity contribution in [1.82, 2.24) is 4.90 Å². The van der Waals surface area contributed by atoms with Gasteiger partial charge in [-0.2, -0.15) is 0 Å². The number of aryl methyl sites for hydroxylation is 1. The van der Waals surface area contributed by atoms with Gasteiger partial charge in [0, 0.05) is 7.05 Å². The summed E-state index contributed by atoms with van der Waals surface area (Å²) < 4.78 is 5.92. The van der Waals surface area contributed by atoms with E-state index in [1.165, 1.54) is 16.7 Å². The minimum atomic E-state index is -0.237. The third-order valence-electron chi connectivity index (χ3n) is 9.21. The Morgan fingerprint density at radius 2 is 1.94 bits per heavy atom. The van der Waals surface area contributed by atoms with E-state index in [2.05, 4.69) is 41.1 Å². The minimum Gasteiger partial charge on any atom is -0.508 e. The number of hydrogen-bond donors (Lipinski definition) is 2. The molecule has 3 aliphatic carbocycles. The molecule has 2 fully saturated rings. The number of fused-ring (bicyclic) bond motifs is 5. The lowest BCUT2D eigenvalue weighted by atomic mass is 9.51. The number of phenolic OH excluding ortho intramolecular Hbond substituents is 1. The Labute approximate surface area is 216 Å². The Bertz CT molecular complexity index is 1070. The Morgan fingerprint density at radius 3 is 2.69 bits per heavy atom. The summed E-state index contributed by atoms with van der Waals surface area (Å²) in [7, 11) is 1.78. The van der Waals surface area contributed by atoms with E-state index >= 15 is 0 Å². The van der Waals surface area contributed by atoms with E-state index in [1.54, 1.807) is 11.9 Å². The van der Waals surface area contributed by atoms with Crippen molar-refractivity contribution in [3.8, 4) is 11.5 Å². The molecular weight excluding hydrogens is 506 g/mol. The van der Waals surface area contributed by atoms with E-state index in [0.29, 0.717) is 47.9 Å². The summed E-state index contributed by atoms with van der Waals surface area (Å²) in [6, 6.07) is 14.4. The number of halogens is 1. The second-order valence-electron chi connectivity index (χ2n) is 11.0. The lowest BCUT2D eigenvalue weighted by Gasteiger charge is -2.54. The highest BCUT2D eigenvalue weighted by Gasteiger charge is 2.57. The second-order valence-corrected chi connectivity index (χ2v) is 11.6. The molecule has 0 saturated heterocycles. The van der Waals surface area contributed by atoms with Gasteiger partial charge in [-0.15, -0.1) is 0 Å². The Morgan fingerprint density at radius 1 is 1.17 bits per heavy atom. The van der Waals surface area contributed by atoms with Crippen molar-refractivity contribution in [2.24, 2.45) is 17.3 Å². The molecule has 2 aromatic carbocycles. The SMILES string of the molecule is CN(CCOc1ccc([C@H]2C[C@]3(C)[C@@H](O)CC[C@H]3[C@@H]3CCc4cc(O)ccc4[C@H]32)cc1)C(=O)CBr. The first-order valence-electron chi connectivity index (χ1n) is 12.8. The van der Waals surface area contributed by atoms with Crippen molar-refractivity contribution in [2.75, 3.05) is 25.5 Å². The lowest BCUT2D eigenvalue weighted by Crippen LogP contribution is -2.47. The third kappa shape index (κ3) is 4.48. The highest BCUT2D eigenvalue weighted by molar-refractivity contribution is 9.09. The molecule has 6 heteroatoms. The summed E-state index contributed by atoms with van der Waals surface area (Å²) >= 11 is 3.20. The molecule has 2 saturated carbocycles. The van der Waals surface area contributed by atoms with E-state index in [4.69, 9.17) is 4.74 Å². The van der Waals surface area contributed by atoms with Crippen LogP contribution < -0.4 is 4.74 Å². The van der Waals surface area contributed by atoms with Gasteiger partial charge in [0.2, 0.25) is 5.91 Å². The number of ether oxygens (including phenoxy) is 1. The number of aliphatic hydroxyl groups excluding tert-OH is 1. The summed E-state index contributed by atoms with van der Waals surface area (Å²) in [5.41, 5.74) is 3.90. The molecule has 0 spiro atoms. The van der Waals surface area contributed by atoms with Crippen molar-refractivity contribution in [2.45, 2.75) is 57.0 Å². The summed E-state index contributed by atoms with van der Waals surface area (Å²) in [6.45, 7) is 3.30. The molecule has 3 aliphatic rings. The van der Waals surface area contributed by atoms with E-state index in [1.807, 2.05) is 24.3 Å². The average molecular weight is 543 g/mol. The zero-order valence-corrected chi connectivity index (χ0v) is 22.2. The smallest absolute Gasteiger partial charge is 0.233 e. The number of hydrogen-bond acceptors (Lipinski definition) is 4. The zero-order chi connectivity index (χ0) is 24.7. The molecule has 1 amide bonds. The van der Waals surface area contributed by atoms with Gasteiger partial charge in [0.05, 0.1) is 18.0 Å². The minimum absolute atomic E-state index is 0.0396. The molecule has 0 radical (unpaired) electrons. The number of aromatic hydroxyl groups is 1. The fourth-order valence-corrected chi connectivity index (χ4v) is 7.76. The van der Waals surface area contributed by atoms with E-state index in [-0.39, 0.29) is 17.4 Å². The Hall–Kier alpha value is -2.05. The molecule has 0 aromatic heterocycles. The topological polar surface area (TPSA) is 70.0 Å². The summed E-state index contributed by atoms with van der Waals surface area (Å²) in [4.78, 5) is 13.4. The fraction of sp³-hybridized carbons (Fsp3) is 0.552. The molecule has 0 aliphatic heterocycles. The predicted molar refractivity (Wildman–Crippen MR) is 140 cm³/mol. The number of amides is 1. The normalized spacial score (nSPS) is 31.3. The van der Waals surface area contributed by atoms with Crippen molar-refractivity contribution < 1.29 is 19.7 Å². The number of aliphatic hydroxyl groups is 1. The maximum Gasteiger partial charge on any atom is 0.233 e. The zero-order valence-electron chi connectivity index (χ0n) is 20.6. The summed E-state index contributed by atoms with van der Waals surface area (Å²) in [6.07, 6.45) is 4.86. The van der Waals surface area contributed by atoms with Crippen LogP contribution in [0.25, 0.3) is 0 Å². The first-order chi connectivity index (χ1) is 16.8. The van der Waals surface area contributed by atoms with Crippen LogP contribution >= 0.6 is 15.9 Å². The van der Waals surface area contributed by atoms with Crippen LogP contribution in [0.2, 0.25) is 0 Å². The molecular formula is C29H36BrNO4. The number of likely N-dealkylation sites (N-methyl/N-ethyl adjacent to an activating group) is 1. The van der Waals surface area contributed by atoms with Crippen LogP contribution in [0.5, 0.6) is 11.5 Å². The molecule has 6 atom stereocenters. The van der Waals surface area contributed by atoms with Gasteiger partial charge in [0.15, 0.2) is 0 Å². The number of carbonyl (C=O) groups excluding carboxylic acids is 1.